The van der Waals surface area contributed by atoms with E-state index in [1.165, 1.54) is 12.1 Å². The van der Waals surface area contributed by atoms with Crippen LogP contribution in [0.4, 0.5) is 0 Å². The van der Waals surface area contributed by atoms with E-state index in [2.05, 4.69) is 16.9 Å². The van der Waals surface area contributed by atoms with E-state index in [1.807, 2.05) is 6.07 Å². The predicted molar refractivity (Wildman–Crippen MR) is 80.5 cm³/mol. The molecular weight excluding hydrogens is 292 g/mol. The molecule has 2 N–H and O–H groups in total. The predicted octanol–water partition coefficient (Wildman–Crippen LogP) is 2.65. The van der Waals surface area contributed by atoms with Crippen LogP contribution >= 0.6 is 11.6 Å². The number of aromatic nitrogens is 1. The Hall–Kier alpha value is -2.40. The number of benzene rings is 1. The van der Waals surface area contributed by atoms with E-state index >= 15 is 0 Å². The monoisotopic (exact) mass is 304 g/mol. The van der Waals surface area contributed by atoms with E-state index in [0.717, 1.165) is 5.39 Å². The molecule has 21 heavy (non-hydrogen) atoms. The molecular formula is C15H13ClN2O3. The van der Waals surface area contributed by atoms with Gasteiger partial charge in [0.25, 0.3) is 5.91 Å². The number of rotatable bonds is 5. The molecule has 1 aromatic carbocycles. The van der Waals surface area contributed by atoms with Crippen LogP contribution in [0.2, 0.25) is 5.02 Å². The Kier molecular flexibility index (Phi) is 4.55. The van der Waals surface area contributed by atoms with Crippen molar-refractivity contribution in [1.82, 2.24) is 10.3 Å². The number of carbonyl (C=O) groups excluding carboxylic acids is 1. The Morgan fingerprint density at radius 3 is 2.81 bits per heavy atom. The lowest BCUT2D eigenvalue weighted by Crippen LogP contribution is -2.40. The number of hydrogen-bond acceptors (Lipinski definition) is 3. The fourth-order valence-corrected chi connectivity index (χ4v) is 2.13. The third-order valence-electron chi connectivity index (χ3n) is 2.90. The zero-order valence-corrected chi connectivity index (χ0v) is 11.8. The van der Waals surface area contributed by atoms with Gasteiger partial charge in [-0.3, -0.25) is 4.79 Å². The lowest BCUT2D eigenvalue weighted by atomic mass is 10.1. The van der Waals surface area contributed by atoms with Gasteiger partial charge < -0.3 is 10.4 Å². The summed E-state index contributed by atoms with van der Waals surface area (Å²) in [5, 5.41) is 12.5. The number of nitrogens with one attached hydrogen (secondary N) is 1. The number of pyridine rings is 1. The lowest BCUT2D eigenvalue weighted by molar-refractivity contribution is -0.139. The van der Waals surface area contributed by atoms with E-state index in [4.69, 9.17) is 16.7 Å². The number of amides is 1. The molecule has 0 fully saturated rings. The van der Waals surface area contributed by atoms with E-state index < -0.39 is 17.9 Å². The Labute approximate surface area is 126 Å². The van der Waals surface area contributed by atoms with Gasteiger partial charge in [0.15, 0.2) is 0 Å². The molecule has 6 heteroatoms. The first kappa shape index (κ1) is 15.0. The second-order valence-corrected chi connectivity index (χ2v) is 4.80. The van der Waals surface area contributed by atoms with Crippen LogP contribution < -0.4 is 5.32 Å². The standard InChI is InChI=1S/C15H13ClN2O3/c1-2-5-12(15(20)21)18-14(19)13-8-10(16)9-6-3-4-7-11(9)17-13/h2-4,6-8,12H,1,5H2,(H,18,19)(H,20,21). The molecule has 0 aliphatic carbocycles. The van der Waals surface area contributed by atoms with Crippen molar-refractivity contribution in [2.75, 3.05) is 0 Å². The van der Waals surface area contributed by atoms with Crippen LogP contribution in [0.15, 0.2) is 43.0 Å². The molecule has 0 bridgehead atoms. The number of hydrogen-bond donors (Lipinski definition) is 2. The Morgan fingerprint density at radius 2 is 2.14 bits per heavy atom. The molecule has 0 aliphatic heterocycles. The van der Waals surface area contributed by atoms with Gasteiger partial charge in [-0.05, 0) is 18.6 Å². The number of aliphatic carboxylic acids is 1. The maximum absolute atomic E-state index is 12.1. The topological polar surface area (TPSA) is 79.3 Å². The highest BCUT2D eigenvalue weighted by atomic mass is 35.5. The van der Waals surface area contributed by atoms with Crippen LogP contribution in [0, 0.1) is 0 Å². The van der Waals surface area contributed by atoms with Gasteiger partial charge in [-0.15, -0.1) is 6.58 Å². The number of halogens is 1. The normalized spacial score (nSPS) is 11.9. The van der Waals surface area contributed by atoms with Gasteiger partial charge in [0.2, 0.25) is 0 Å². The number of para-hydroxylation sites is 1. The van der Waals surface area contributed by atoms with Crippen molar-refractivity contribution in [3.8, 4) is 0 Å². The number of carboxylic acids is 1. The molecule has 1 heterocycles. The Morgan fingerprint density at radius 1 is 1.43 bits per heavy atom. The van der Waals surface area contributed by atoms with Crippen LogP contribution in [0.5, 0.6) is 0 Å². The minimum atomic E-state index is -1.13. The molecule has 0 saturated carbocycles. The van der Waals surface area contributed by atoms with E-state index in [1.54, 1.807) is 18.2 Å². The fraction of sp³-hybridized carbons (Fsp3) is 0.133. The third-order valence-corrected chi connectivity index (χ3v) is 3.22. The highest BCUT2D eigenvalue weighted by molar-refractivity contribution is 6.35. The first-order valence-electron chi connectivity index (χ1n) is 6.22. The molecule has 2 rings (SSSR count). The van der Waals surface area contributed by atoms with Crippen molar-refractivity contribution in [2.24, 2.45) is 0 Å². The summed E-state index contributed by atoms with van der Waals surface area (Å²) in [6.45, 7) is 3.47. The minimum absolute atomic E-state index is 0.0778. The number of nitrogens with zero attached hydrogens (tertiary/aromatic N) is 1. The zero-order valence-electron chi connectivity index (χ0n) is 11.0. The summed E-state index contributed by atoms with van der Waals surface area (Å²) in [4.78, 5) is 27.3. The van der Waals surface area contributed by atoms with Gasteiger partial charge in [0.05, 0.1) is 10.5 Å². The van der Waals surface area contributed by atoms with E-state index in [9.17, 15) is 9.59 Å². The molecule has 1 amide bonds. The highest BCUT2D eigenvalue weighted by Crippen LogP contribution is 2.22. The smallest absolute Gasteiger partial charge is 0.326 e. The van der Waals surface area contributed by atoms with Gasteiger partial charge in [-0.2, -0.15) is 0 Å². The lowest BCUT2D eigenvalue weighted by Gasteiger charge is -2.12. The van der Waals surface area contributed by atoms with Crippen molar-refractivity contribution in [2.45, 2.75) is 12.5 Å². The van der Waals surface area contributed by atoms with Crippen LogP contribution in [-0.2, 0) is 4.79 Å². The van der Waals surface area contributed by atoms with Crippen LogP contribution in [0.1, 0.15) is 16.9 Å². The molecule has 1 atom stereocenters. The number of carboxylic acid groups (broad SMARTS) is 1. The second kappa shape index (κ2) is 6.37. The van der Waals surface area contributed by atoms with Gasteiger partial charge in [-0.1, -0.05) is 35.9 Å². The van der Waals surface area contributed by atoms with Gasteiger partial charge >= 0.3 is 5.97 Å². The molecule has 5 nitrogen and oxygen atoms in total. The van der Waals surface area contributed by atoms with Crippen molar-refractivity contribution >= 4 is 34.4 Å². The average molecular weight is 305 g/mol. The number of carbonyl (C=O) groups is 2. The zero-order chi connectivity index (χ0) is 15.4. The summed E-state index contributed by atoms with van der Waals surface area (Å²) >= 11 is 6.11. The quantitative estimate of drug-likeness (QED) is 0.832. The molecule has 0 saturated heterocycles. The van der Waals surface area contributed by atoms with Gasteiger partial charge in [0, 0.05) is 5.39 Å². The summed E-state index contributed by atoms with van der Waals surface area (Å²) in [7, 11) is 0. The minimum Gasteiger partial charge on any atom is -0.480 e. The maximum atomic E-state index is 12.1. The largest absolute Gasteiger partial charge is 0.480 e. The van der Waals surface area contributed by atoms with Crippen molar-refractivity contribution < 1.29 is 14.7 Å². The summed E-state index contributed by atoms with van der Waals surface area (Å²) in [6, 6.07) is 7.51. The van der Waals surface area contributed by atoms with Crippen molar-refractivity contribution in [3.63, 3.8) is 0 Å². The first-order chi connectivity index (χ1) is 10.0. The van der Waals surface area contributed by atoms with Crippen LogP contribution in [0.3, 0.4) is 0 Å². The summed E-state index contributed by atoms with van der Waals surface area (Å²) in [5.74, 6) is -1.72. The SMILES string of the molecule is C=CCC(NC(=O)c1cc(Cl)c2ccccc2n1)C(=O)O. The molecule has 0 radical (unpaired) electrons. The van der Waals surface area contributed by atoms with Gasteiger partial charge in [0.1, 0.15) is 11.7 Å². The Bertz CT molecular complexity index is 715. The second-order valence-electron chi connectivity index (χ2n) is 4.40. The third kappa shape index (κ3) is 3.38. The average Bonchev–Trinajstić information content (AvgIpc) is 2.46. The van der Waals surface area contributed by atoms with Gasteiger partial charge in [-0.25, -0.2) is 9.78 Å². The first-order valence-corrected chi connectivity index (χ1v) is 6.60. The molecule has 0 aliphatic rings. The van der Waals surface area contributed by atoms with E-state index in [0.29, 0.717) is 10.5 Å². The molecule has 2 aromatic rings. The van der Waals surface area contributed by atoms with Crippen molar-refractivity contribution in [1.29, 1.82) is 0 Å². The summed E-state index contributed by atoms with van der Waals surface area (Å²) in [5.41, 5.74) is 0.653. The molecule has 0 spiro atoms. The highest BCUT2D eigenvalue weighted by Gasteiger charge is 2.20. The molecule has 1 unspecified atom stereocenters. The van der Waals surface area contributed by atoms with Crippen molar-refractivity contribution in [3.05, 3.63) is 53.7 Å². The molecule has 108 valence electrons. The van der Waals surface area contributed by atoms with Crippen LogP contribution in [-0.4, -0.2) is 28.0 Å². The van der Waals surface area contributed by atoms with Crippen LogP contribution in [0.25, 0.3) is 10.9 Å². The fourth-order valence-electron chi connectivity index (χ4n) is 1.87. The summed E-state index contributed by atoms with van der Waals surface area (Å²) < 4.78 is 0. The Balaban J connectivity index is 2.31. The molecule has 1 aromatic heterocycles. The maximum Gasteiger partial charge on any atom is 0.326 e. The summed E-state index contributed by atoms with van der Waals surface area (Å²) in [6.07, 6.45) is 1.56. The number of fused-ring (bicyclic) bond motifs is 1. The van der Waals surface area contributed by atoms with E-state index in [-0.39, 0.29) is 12.1 Å².